The van der Waals surface area contributed by atoms with Crippen molar-refractivity contribution < 1.29 is 14.6 Å². The van der Waals surface area contributed by atoms with E-state index in [2.05, 4.69) is 64.2 Å². The maximum atomic E-state index is 13.5. The lowest BCUT2D eigenvalue weighted by molar-refractivity contribution is -0.150. The highest BCUT2D eigenvalue weighted by molar-refractivity contribution is 9.10. The molecule has 0 radical (unpaired) electrons. The number of amides is 1. The number of nitrogens with zero attached hydrogens (tertiary/aromatic N) is 2. The van der Waals surface area contributed by atoms with Gasteiger partial charge in [0.2, 0.25) is 5.91 Å². The van der Waals surface area contributed by atoms with Crippen molar-refractivity contribution in [1.82, 2.24) is 9.80 Å². The summed E-state index contributed by atoms with van der Waals surface area (Å²) in [5, 5.41) is 13.0. The molecule has 1 saturated carbocycles. The molecule has 5 nitrogen and oxygen atoms in total. The van der Waals surface area contributed by atoms with Crippen LogP contribution in [0, 0.1) is 5.41 Å². The molecule has 40 heavy (non-hydrogen) atoms. The fourth-order valence-corrected chi connectivity index (χ4v) is 9.83. The lowest BCUT2D eigenvalue weighted by atomic mass is 9.43. The average Bonchev–Trinajstić information content (AvgIpc) is 3.53. The van der Waals surface area contributed by atoms with Crippen LogP contribution in [0.4, 0.5) is 0 Å². The Morgan fingerprint density at radius 1 is 1.25 bits per heavy atom. The Hall–Kier alpha value is -2.61. The highest BCUT2D eigenvalue weighted by Gasteiger charge is 2.71. The molecule has 1 N–H and O–H groups in total. The smallest absolute Gasteiger partial charge is 0.246 e. The summed E-state index contributed by atoms with van der Waals surface area (Å²) in [4.78, 5) is 19.1. The van der Waals surface area contributed by atoms with Gasteiger partial charge in [0.15, 0.2) is 11.5 Å². The SMILES string of the molecule is CN(C(=O)/C=C/c1cc(Br)cs1)[C@H]1CC[C@@]2(C)[C@H]3Cc4ccc(O)c5c4[C@@]2(CCN3CCc2ccccc2)[C@H]1O5. The fraction of sp³-hybridized carbons (Fsp3) is 0.424. The van der Waals surface area contributed by atoms with Crippen LogP contribution in [0.1, 0.15) is 47.8 Å². The van der Waals surface area contributed by atoms with Gasteiger partial charge in [0.1, 0.15) is 6.10 Å². The van der Waals surface area contributed by atoms with Crippen molar-refractivity contribution in [2.24, 2.45) is 5.41 Å². The lowest BCUT2D eigenvalue weighted by Gasteiger charge is -2.66. The van der Waals surface area contributed by atoms with Crippen LogP contribution in [0.15, 0.2) is 64.5 Å². The van der Waals surface area contributed by atoms with Gasteiger partial charge in [-0.1, -0.05) is 43.3 Å². The number of hydrogen-bond acceptors (Lipinski definition) is 5. The van der Waals surface area contributed by atoms with Crippen LogP contribution >= 0.6 is 27.3 Å². The quantitative estimate of drug-likeness (QED) is 0.324. The van der Waals surface area contributed by atoms with Crippen molar-refractivity contribution in [2.45, 2.75) is 62.6 Å². The molecular weight excluding hydrogens is 584 g/mol. The first kappa shape index (κ1) is 26.3. The van der Waals surface area contributed by atoms with E-state index in [0.717, 1.165) is 54.5 Å². The molecule has 2 aliphatic heterocycles. The summed E-state index contributed by atoms with van der Waals surface area (Å²) < 4.78 is 7.82. The fourth-order valence-electron chi connectivity index (χ4n) is 8.49. The van der Waals surface area contributed by atoms with E-state index in [1.54, 1.807) is 23.5 Å². The Bertz CT molecular complexity index is 1490. The van der Waals surface area contributed by atoms with Crippen molar-refractivity contribution in [3.63, 3.8) is 0 Å². The Kier molecular flexibility index (Phi) is 6.41. The number of phenols is 1. The summed E-state index contributed by atoms with van der Waals surface area (Å²) in [6.45, 7) is 4.51. The number of rotatable bonds is 6. The van der Waals surface area contributed by atoms with E-state index in [1.807, 2.05) is 29.5 Å². The first-order valence-electron chi connectivity index (χ1n) is 14.3. The summed E-state index contributed by atoms with van der Waals surface area (Å²) >= 11 is 5.10. The molecule has 1 spiro atoms. The van der Waals surface area contributed by atoms with Crippen LogP contribution in [0.25, 0.3) is 6.08 Å². The standard InChI is InChI=1S/C33H35BrN2O3S/c1-32-14-12-25(35(2)28(38)11-9-24-19-23(34)20-40-24)31-33(32)15-17-36(16-13-21-6-4-3-5-7-21)27(32)18-22-8-10-26(37)30(39-31)29(22)33/h3-11,19-20,25,27,31,37H,12-18H2,1-2H3/b11-9+/t25-,27+,31-,32-,33-/m0/s1. The third-order valence-electron chi connectivity index (χ3n) is 10.5. The van der Waals surface area contributed by atoms with Gasteiger partial charge in [-0.2, -0.15) is 0 Å². The third kappa shape index (κ3) is 3.84. The van der Waals surface area contributed by atoms with E-state index < -0.39 is 0 Å². The number of thiophene rings is 1. The molecule has 4 aliphatic rings. The van der Waals surface area contributed by atoms with Crippen LogP contribution in [-0.2, 0) is 23.1 Å². The Morgan fingerprint density at radius 2 is 2.08 bits per heavy atom. The van der Waals surface area contributed by atoms with Crippen molar-refractivity contribution in [3.05, 3.63) is 86.0 Å². The topological polar surface area (TPSA) is 53.0 Å². The van der Waals surface area contributed by atoms with Gasteiger partial charge in [0.25, 0.3) is 0 Å². The van der Waals surface area contributed by atoms with Gasteiger partial charge in [-0.05, 0) is 89.3 Å². The molecule has 3 heterocycles. The molecule has 1 saturated heterocycles. The van der Waals surface area contributed by atoms with E-state index in [-0.39, 0.29) is 34.6 Å². The molecule has 5 atom stereocenters. The molecule has 1 aromatic heterocycles. The third-order valence-corrected chi connectivity index (χ3v) is 12.1. The minimum absolute atomic E-state index is 0.00186. The summed E-state index contributed by atoms with van der Waals surface area (Å²) in [6, 6.07) is 17.1. The summed E-state index contributed by atoms with van der Waals surface area (Å²) in [5.41, 5.74) is 3.69. The van der Waals surface area contributed by atoms with E-state index in [4.69, 9.17) is 4.74 Å². The number of carbonyl (C=O) groups excluding carboxylic acids is 1. The van der Waals surface area contributed by atoms with Crippen molar-refractivity contribution in [3.8, 4) is 11.5 Å². The number of carbonyl (C=O) groups is 1. The van der Waals surface area contributed by atoms with Gasteiger partial charge in [-0.3, -0.25) is 9.69 Å². The van der Waals surface area contributed by atoms with E-state index in [0.29, 0.717) is 11.8 Å². The van der Waals surface area contributed by atoms with Crippen LogP contribution in [0.2, 0.25) is 0 Å². The number of likely N-dealkylation sites (N-methyl/N-ethyl adjacent to an activating group) is 1. The van der Waals surface area contributed by atoms with Crippen molar-refractivity contribution in [1.29, 1.82) is 0 Å². The Labute approximate surface area is 248 Å². The maximum absolute atomic E-state index is 13.5. The number of piperidine rings is 1. The first-order chi connectivity index (χ1) is 19.3. The number of hydrogen-bond donors (Lipinski definition) is 1. The summed E-state index contributed by atoms with van der Waals surface area (Å²) in [6.07, 6.45) is 8.31. The van der Waals surface area contributed by atoms with Gasteiger partial charge in [-0.25, -0.2) is 0 Å². The van der Waals surface area contributed by atoms with Crippen molar-refractivity contribution >= 4 is 39.2 Å². The minimum Gasteiger partial charge on any atom is -0.504 e. The predicted molar refractivity (Wildman–Crippen MR) is 163 cm³/mol. The van der Waals surface area contributed by atoms with Gasteiger partial charge in [-0.15, -0.1) is 11.3 Å². The number of halogens is 1. The van der Waals surface area contributed by atoms with Gasteiger partial charge >= 0.3 is 0 Å². The molecule has 2 aromatic carbocycles. The molecule has 2 bridgehead atoms. The molecule has 7 rings (SSSR count). The van der Waals surface area contributed by atoms with Gasteiger partial charge < -0.3 is 14.7 Å². The second-order valence-corrected chi connectivity index (χ2v) is 14.0. The Morgan fingerprint density at radius 3 is 2.85 bits per heavy atom. The molecule has 1 amide bonds. The van der Waals surface area contributed by atoms with Gasteiger partial charge in [0, 0.05) is 51.4 Å². The number of benzene rings is 2. The minimum atomic E-state index is -0.220. The van der Waals surface area contributed by atoms with Crippen LogP contribution < -0.4 is 4.74 Å². The summed E-state index contributed by atoms with van der Waals surface area (Å²) in [7, 11) is 1.92. The van der Waals surface area contributed by atoms with Crippen LogP contribution in [0.3, 0.4) is 0 Å². The summed E-state index contributed by atoms with van der Waals surface area (Å²) in [5.74, 6) is 0.883. The zero-order valence-corrected chi connectivity index (χ0v) is 25.4. The highest BCUT2D eigenvalue weighted by atomic mass is 79.9. The zero-order chi connectivity index (χ0) is 27.6. The first-order valence-corrected chi connectivity index (χ1v) is 16.0. The largest absolute Gasteiger partial charge is 0.504 e. The Balaban J connectivity index is 1.22. The van der Waals surface area contributed by atoms with Crippen LogP contribution in [0.5, 0.6) is 11.5 Å². The van der Waals surface area contributed by atoms with E-state index >= 15 is 0 Å². The monoisotopic (exact) mass is 618 g/mol. The average molecular weight is 620 g/mol. The van der Waals surface area contributed by atoms with Gasteiger partial charge in [0.05, 0.1) is 6.04 Å². The molecule has 0 unspecified atom stereocenters. The zero-order valence-electron chi connectivity index (χ0n) is 23.0. The molecular formula is C33H35BrN2O3S. The number of likely N-dealkylation sites (tertiary alicyclic amines) is 1. The number of ether oxygens (including phenoxy) is 1. The van der Waals surface area contributed by atoms with Crippen molar-refractivity contribution in [2.75, 3.05) is 20.1 Å². The van der Waals surface area contributed by atoms with Crippen LogP contribution in [-0.4, -0.2) is 59.1 Å². The second-order valence-electron chi connectivity index (χ2n) is 12.2. The second kappa shape index (κ2) is 9.74. The number of phenolic OH excluding ortho intramolecular Hbond substituents is 1. The molecule has 2 fully saturated rings. The van der Waals surface area contributed by atoms with E-state index in [1.165, 1.54) is 16.7 Å². The maximum Gasteiger partial charge on any atom is 0.246 e. The molecule has 2 aliphatic carbocycles. The normalized spacial score (nSPS) is 30.2. The molecule has 7 heteroatoms. The van der Waals surface area contributed by atoms with E-state index in [9.17, 15) is 9.90 Å². The highest BCUT2D eigenvalue weighted by Crippen LogP contribution is 2.69. The predicted octanol–water partition coefficient (Wildman–Crippen LogP) is 6.43. The number of aromatic hydroxyl groups is 1. The lowest BCUT2D eigenvalue weighted by Crippen LogP contribution is -2.73. The molecule has 208 valence electrons. The molecule has 3 aromatic rings.